The second-order valence-corrected chi connectivity index (χ2v) is 5.75. The molecule has 3 rings (SSSR count). The number of Topliss-reactive ketones (excluding diaryl/α,β-unsaturated/α-hetero) is 1. The van der Waals surface area contributed by atoms with Gasteiger partial charge in [-0.1, -0.05) is 18.2 Å². The van der Waals surface area contributed by atoms with Gasteiger partial charge in [0.05, 0.1) is 26.1 Å². The van der Waals surface area contributed by atoms with E-state index in [4.69, 9.17) is 4.74 Å². The number of carbonyl (C=O) groups excluding carboxylic acids is 3. The zero-order chi connectivity index (χ0) is 17.8. The van der Waals surface area contributed by atoms with Crippen LogP contribution in [0.5, 0.6) is 5.75 Å². The standard InChI is InChI=1S/C19H18N2O4/c1-25-13-8-6-12(7-9-13)17(22)11-20-18(23)10-16-14-4-2-3-5-15(14)19(24)21-16/h2-9,16H,10-11H2,1H3,(H,20,23)(H,21,24)/t16-/m1/s1. The van der Waals surface area contributed by atoms with E-state index in [1.165, 1.54) is 0 Å². The molecule has 0 aromatic heterocycles. The van der Waals surface area contributed by atoms with E-state index in [1.807, 2.05) is 12.1 Å². The summed E-state index contributed by atoms with van der Waals surface area (Å²) in [7, 11) is 1.55. The molecule has 0 aliphatic carbocycles. The molecule has 0 radical (unpaired) electrons. The van der Waals surface area contributed by atoms with Crippen molar-refractivity contribution in [2.24, 2.45) is 0 Å². The van der Waals surface area contributed by atoms with Crippen molar-refractivity contribution in [2.45, 2.75) is 12.5 Å². The third-order valence-corrected chi connectivity index (χ3v) is 4.13. The largest absolute Gasteiger partial charge is 0.497 e. The van der Waals surface area contributed by atoms with E-state index < -0.39 is 0 Å². The van der Waals surface area contributed by atoms with Gasteiger partial charge < -0.3 is 15.4 Å². The topological polar surface area (TPSA) is 84.5 Å². The summed E-state index contributed by atoms with van der Waals surface area (Å²) < 4.78 is 5.04. The van der Waals surface area contributed by atoms with Crippen molar-refractivity contribution in [3.8, 4) is 5.75 Å². The van der Waals surface area contributed by atoms with Crippen molar-refractivity contribution in [3.63, 3.8) is 0 Å². The van der Waals surface area contributed by atoms with Gasteiger partial charge in [0.15, 0.2) is 5.78 Å². The Hall–Kier alpha value is -3.15. The first-order valence-electron chi connectivity index (χ1n) is 7.92. The van der Waals surface area contributed by atoms with Crippen molar-refractivity contribution < 1.29 is 19.1 Å². The lowest BCUT2D eigenvalue weighted by molar-refractivity contribution is -0.121. The summed E-state index contributed by atoms with van der Waals surface area (Å²) in [6, 6.07) is 13.5. The minimum absolute atomic E-state index is 0.0898. The lowest BCUT2D eigenvalue weighted by Crippen LogP contribution is -2.32. The Morgan fingerprint density at radius 1 is 1.12 bits per heavy atom. The fraction of sp³-hybridized carbons (Fsp3) is 0.211. The molecule has 0 saturated heterocycles. The van der Waals surface area contributed by atoms with Gasteiger partial charge in [0.25, 0.3) is 5.91 Å². The van der Waals surface area contributed by atoms with Crippen LogP contribution in [0.2, 0.25) is 0 Å². The summed E-state index contributed by atoms with van der Waals surface area (Å²) in [5, 5.41) is 5.39. The maximum Gasteiger partial charge on any atom is 0.252 e. The minimum Gasteiger partial charge on any atom is -0.497 e. The molecule has 0 saturated carbocycles. The van der Waals surface area contributed by atoms with Crippen molar-refractivity contribution in [3.05, 3.63) is 65.2 Å². The number of ether oxygens (including phenoxy) is 1. The number of benzene rings is 2. The maximum absolute atomic E-state index is 12.1. The SMILES string of the molecule is COc1ccc(C(=O)CNC(=O)C[C@H]2NC(=O)c3ccccc32)cc1. The first-order chi connectivity index (χ1) is 12.1. The molecule has 0 fully saturated rings. The molecule has 1 atom stereocenters. The van der Waals surface area contributed by atoms with Crippen molar-refractivity contribution in [1.82, 2.24) is 10.6 Å². The van der Waals surface area contributed by atoms with Crippen LogP contribution in [0.25, 0.3) is 0 Å². The first kappa shape index (κ1) is 16.7. The van der Waals surface area contributed by atoms with Crippen LogP contribution in [0.4, 0.5) is 0 Å². The summed E-state index contributed by atoms with van der Waals surface area (Å²) >= 11 is 0. The van der Waals surface area contributed by atoms with Gasteiger partial charge in [-0.05, 0) is 35.9 Å². The smallest absolute Gasteiger partial charge is 0.252 e. The molecule has 128 valence electrons. The molecule has 0 unspecified atom stereocenters. The maximum atomic E-state index is 12.1. The fourth-order valence-corrected chi connectivity index (χ4v) is 2.80. The van der Waals surface area contributed by atoms with Crippen molar-refractivity contribution in [1.29, 1.82) is 0 Å². The third-order valence-electron chi connectivity index (χ3n) is 4.13. The number of rotatable bonds is 6. The predicted molar refractivity (Wildman–Crippen MR) is 91.6 cm³/mol. The Balaban J connectivity index is 1.55. The van der Waals surface area contributed by atoms with Crippen LogP contribution in [0, 0.1) is 0 Å². The molecule has 1 aliphatic rings. The Morgan fingerprint density at radius 2 is 1.84 bits per heavy atom. The molecular formula is C19H18N2O4. The second kappa shape index (κ2) is 7.17. The van der Waals surface area contributed by atoms with Crippen LogP contribution >= 0.6 is 0 Å². The summed E-state index contributed by atoms with van der Waals surface area (Å²) in [5.41, 5.74) is 1.90. The van der Waals surface area contributed by atoms with E-state index >= 15 is 0 Å². The van der Waals surface area contributed by atoms with Gasteiger partial charge in [0.2, 0.25) is 5.91 Å². The normalized spacial score (nSPS) is 15.2. The van der Waals surface area contributed by atoms with Gasteiger partial charge in [-0.25, -0.2) is 0 Å². The molecule has 2 aromatic rings. The van der Waals surface area contributed by atoms with Crippen molar-refractivity contribution >= 4 is 17.6 Å². The number of amides is 2. The van der Waals surface area contributed by atoms with E-state index in [0.717, 1.165) is 5.56 Å². The molecule has 0 spiro atoms. The Bertz CT molecular complexity index is 814. The number of ketones is 1. The fourth-order valence-electron chi connectivity index (χ4n) is 2.80. The van der Waals surface area contributed by atoms with Crippen LogP contribution in [-0.2, 0) is 4.79 Å². The van der Waals surface area contributed by atoms with Gasteiger partial charge in [0.1, 0.15) is 5.75 Å². The highest BCUT2D eigenvalue weighted by Gasteiger charge is 2.29. The Kier molecular flexibility index (Phi) is 4.79. The van der Waals surface area contributed by atoms with Gasteiger partial charge in [0, 0.05) is 11.1 Å². The number of nitrogens with one attached hydrogen (secondary N) is 2. The zero-order valence-corrected chi connectivity index (χ0v) is 13.7. The van der Waals surface area contributed by atoms with E-state index in [-0.39, 0.29) is 36.6 Å². The summed E-state index contributed by atoms with van der Waals surface area (Å²) in [5.74, 6) is 0.00894. The summed E-state index contributed by atoms with van der Waals surface area (Å²) in [6.07, 6.45) is 0.0959. The molecule has 0 bridgehead atoms. The molecular weight excluding hydrogens is 320 g/mol. The van der Waals surface area contributed by atoms with Crippen LogP contribution in [0.1, 0.15) is 38.7 Å². The number of hydrogen-bond donors (Lipinski definition) is 2. The summed E-state index contributed by atoms with van der Waals surface area (Å²) in [4.78, 5) is 36.1. The second-order valence-electron chi connectivity index (χ2n) is 5.75. The van der Waals surface area contributed by atoms with Gasteiger partial charge in [-0.15, -0.1) is 0 Å². The molecule has 2 amide bonds. The molecule has 6 nitrogen and oxygen atoms in total. The third kappa shape index (κ3) is 3.68. The highest BCUT2D eigenvalue weighted by Crippen LogP contribution is 2.27. The Labute approximate surface area is 145 Å². The quantitative estimate of drug-likeness (QED) is 0.788. The minimum atomic E-state index is -0.361. The molecule has 2 N–H and O–H groups in total. The average Bonchev–Trinajstić information content (AvgIpc) is 2.96. The number of carbonyl (C=O) groups is 3. The molecule has 2 aromatic carbocycles. The Morgan fingerprint density at radius 3 is 2.56 bits per heavy atom. The van der Waals surface area contributed by atoms with E-state index in [2.05, 4.69) is 10.6 Å². The molecule has 25 heavy (non-hydrogen) atoms. The van der Waals surface area contributed by atoms with E-state index in [9.17, 15) is 14.4 Å². The van der Waals surface area contributed by atoms with Gasteiger partial charge >= 0.3 is 0 Å². The van der Waals surface area contributed by atoms with Crippen LogP contribution in [0.15, 0.2) is 48.5 Å². The van der Waals surface area contributed by atoms with Gasteiger partial charge in [-0.3, -0.25) is 14.4 Å². The van der Waals surface area contributed by atoms with E-state index in [0.29, 0.717) is 16.9 Å². The van der Waals surface area contributed by atoms with Gasteiger partial charge in [-0.2, -0.15) is 0 Å². The highest BCUT2D eigenvalue weighted by molar-refractivity contribution is 6.01. The zero-order valence-electron chi connectivity index (χ0n) is 13.7. The average molecular weight is 338 g/mol. The van der Waals surface area contributed by atoms with Crippen molar-refractivity contribution in [2.75, 3.05) is 13.7 Å². The van der Waals surface area contributed by atoms with Crippen LogP contribution in [0.3, 0.4) is 0 Å². The lowest BCUT2D eigenvalue weighted by atomic mass is 10.0. The number of hydrogen-bond acceptors (Lipinski definition) is 4. The summed E-state index contributed by atoms with van der Waals surface area (Å²) in [6.45, 7) is -0.0898. The van der Waals surface area contributed by atoms with Crippen LogP contribution in [-0.4, -0.2) is 31.3 Å². The number of methoxy groups -OCH3 is 1. The van der Waals surface area contributed by atoms with Crippen LogP contribution < -0.4 is 15.4 Å². The molecule has 1 heterocycles. The highest BCUT2D eigenvalue weighted by atomic mass is 16.5. The molecule has 1 aliphatic heterocycles. The van der Waals surface area contributed by atoms with E-state index in [1.54, 1.807) is 43.5 Å². The monoisotopic (exact) mass is 338 g/mol. The lowest BCUT2D eigenvalue weighted by Gasteiger charge is -2.11. The first-order valence-corrected chi connectivity index (χ1v) is 7.92. The number of fused-ring (bicyclic) bond motifs is 1. The molecule has 6 heteroatoms. The predicted octanol–water partition coefficient (Wildman–Crippen LogP) is 1.87.